The van der Waals surface area contributed by atoms with E-state index in [1.807, 2.05) is 54.6 Å². The van der Waals surface area contributed by atoms with Gasteiger partial charge in [-0.1, -0.05) is 54.6 Å². The summed E-state index contributed by atoms with van der Waals surface area (Å²) in [6.45, 7) is 0. The predicted octanol–water partition coefficient (Wildman–Crippen LogP) is 4.28. The molecular formula is C19H16O4S. The first-order valence-electron chi connectivity index (χ1n) is 7.31. The highest BCUT2D eigenvalue weighted by Crippen LogP contribution is 2.37. The maximum atomic E-state index is 11.8. The molecule has 24 heavy (non-hydrogen) atoms. The molecule has 0 spiro atoms. The van der Waals surface area contributed by atoms with Gasteiger partial charge in [0.05, 0.1) is 7.11 Å². The lowest BCUT2D eigenvalue weighted by atomic mass is 9.94. The van der Waals surface area contributed by atoms with Gasteiger partial charge in [-0.15, -0.1) is 0 Å². The van der Waals surface area contributed by atoms with E-state index in [0.717, 1.165) is 11.1 Å². The molecule has 5 heteroatoms. The third-order valence-electron chi connectivity index (χ3n) is 3.77. The van der Waals surface area contributed by atoms with E-state index < -0.39 is 10.1 Å². The van der Waals surface area contributed by atoms with E-state index >= 15 is 0 Å². The highest BCUT2D eigenvalue weighted by molar-refractivity contribution is 7.86. The predicted molar refractivity (Wildman–Crippen MR) is 93.7 cm³/mol. The van der Waals surface area contributed by atoms with Crippen molar-refractivity contribution in [2.45, 2.75) is 4.90 Å². The summed E-state index contributed by atoms with van der Waals surface area (Å²) in [5.41, 5.74) is 2.93. The van der Waals surface area contributed by atoms with Gasteiger partial charge < -0.3 is 4.74 Å². The van der Waals surface area contributed by atoms with Crippen LogP contribution in [0.5, 0.6) is 5.75 Å². The molecule has 122 valence electrons. The molecule has 4 nitrogen and oxygen atoms in total. The zero-order valence-corrected chi connectivity index (χ0v) is 13.8. The Hall–Kier alpha value is -2.63. The highest BCUT2D eigenvalue weighted by atomic mass is 32.2. The van der Waals surface area contributed by atoms with Gasteiger partial charge in [0, 0.05) is 5.56 Å². The van der Waals surface area contributed by atoms with Gasteiger partial charge in [0.15, 0.2) is 0 Å². The van der Waals surface area contributed by atoms with E-state index in [-0.39, 0.29) is 4.90 Å². The first kappa shape index (κ1) is 16.2. The van der Waals surface area contributed by atoms with Gasteiger partial charge in [-0.05, 0) is 34.9 Å². The molecule has 3 aromatic rings. The second-order valence-corrected chi connectivity index (χ2v) is 6.64. The Morgan fingerprint density at radius 2 is 1.42 bits per heavy atom. The van der Waals surface area contributed by atoms with Crippen molar-refractivity contribution in [3.05, 3.63) is 72.8 Å². The van der Waals surface area contributed by atoms with Gasteiger partial charge in [-0.3, -0.25) is 4.55 Å². The van der Waals surface area contributed by atoms with Crippen molar-refractivity contribution in [3.8, 4) is 28.0 Å². The van der Waals surface area contributed by atoms with E-state index in [1.165, 1.54) is 19.2 Å². The van der Waals surface area contributed by atoms with Gasteiger partial charge in [-0.2, -0.15) is 8.42 Å². The molecule has 0 radical (unpaired) electrons. The van der Waals surface area contributed by atoms with Crippen LogP contribution in [-0.2, 0) is 10.1 Å². The van der Waals surface area contributed by atoms with Crippen LogP contribution in [-0.4, -0.2) is 20.1 Å². The fraction of sp³-hybridized carbons (Fsp3) is 0.0526. The smallest absolute Gasteiger partial charge is 0.295 e. The van der Waals surface area contributed by atoms with Crippen LogP contribution in [0.2, 0.25) is 0 Å². The Morgan fingerprint density at radius 1 is 0.792 bits per heavy atom. The van der Waals surface area contributed by atoms with Gasteiger partial charge in [-0.25, -0.2) is 0 Å². The first-order chi connectivity index (χ1) is 11.5. The number of hydrogen-bond donors (Lipinski definition) is 1. The average Bonchev–Trinajstić information content (AvgIpc) is 2.61. The fourth-order valence-electron chi connectivity index (χ4n) is 2.66. The lowest BCUT2D eigenvalue weighted by Crippen LogP contribution is -2.02. The molecule has 0 saturated carbocycles. The molecule has 0 unspecified atom stereocenters. The SMILES string of the molecule is COc1ccc(S(=O)(=O)O)c(-c2ccccc2-c2ccccc2)c1. The second-order valence-electron chi connectivity index (χ2n) is 5.25. The fourth-order valence-corrected chi connectivity index (χ4v) is 3.35. The minimum absolute atomic E-state index is 0.147. The maximum absolute atomic E-state index is 11.8. The van der Waals surface area contributed by atoms with Crippen LogP contribution in [0, 0.1) is 0 Å². The monoisotopic (exact) mass is 340 g/mol. The molecular weight excluding hydrogens is 324 g/mol. The zero-order chi connectivity index (χ0) is 17.2. The van der Waals surface area contributed by atoms with Crippen LogP contribution in [0.25, 0.3) is 22.3 Å². The molecule has 3 aromatic carbocycles. The molecule has 0 aliphatic heterocycles. The Labute approximate surface area is 141 Å². The normalized spacial score (nSPS) is 11.2. The van der Waals surface area contributed by atoms with E-state index in [9.17, 15) is 13.0 Å². The van der Waals surface area contributed by atoms with Gasteiger partial charge >= 0.3 is 0 Å². The van der Waals surface area contributed by atoms with Crippen LogP contribution in [0.3, 0.4) is 0 Å². The average molecular weight is 340 g/mol. The molecule has 3 rings (SSSR count). The van der Waals surface area contributed by atoms with Crippen molar-refractivity contribution >= 4 is 10.1 Å². The van der Waals surface area contributed by atoms with Crippen LogP contribution < -0.4 is 4.74 Å². The third-order valence-corrected chi connectivity index (χ3v) is 4.68. The topological polar surface area (TPSA) is 63.6 Å². The van der Waals surface area contributed by atoms with Gasteiger partial charge in [0.25, 0.3) is 10.1 Å². The Kier molecular flexibility index (Phi) is 4.38. The number of benzene rings is 3. The molecule has 0 amide bonds. The van der Waals surface area contributed by atoms with Crippen LogP contribution >= 0.6 is 0 Å². The number of hydrogen-bond acceptors (Lipinski definition) is 3. The van der Waals surface area contributed by atoms with Crippen LogP contribution in [0.1, 0.15) is 0 Å². The first-order valence-corrected chi connectivity index (χ1v) is 8.75. The summed E-state index contributed by atoms with van der Waals surface area (Å²) in [6.07, 6.45) is 0. The molecule has 0 atom stereocenters. The Bertz CT molecular complexity index is 964. The summed E-state index contributed by atoms with van der Waals surface area (Å²) in [4.78, 5) is -0.147. The summed E-state index contributed by atoms with van der Waals surface area (Å²) >= 11 is 0. The minimum Gasteiger partial charge on any atom is -0.497 e. The summed E-state index contributed by atoms with van der Waals surface area (Å²) in [6, 6.07) is 21.6. The molecule has 1 N–H and O–H groups in total. The molecule has 0 aromatic heterocycles. The quantitative estimate of drug-likeness (QED) is 0.720. The van der Waals surface area contributed by atoms with Crippen molar-refractivity contribution in [2.24, 2.45) is 0 Å². The van der Waals surface area contributed by atoms with Crippen molar-refractivity contribution in [1.29, 1.82) is 0 Å². The standard InChI is InChI=1S/C19H16O4S/c1-23-15-11-12-19(24(20,21)22)18(13-15)17-10-6-5-9-16(17)14-7-3-2-4-8-14/h2-13H,1H3,(H,20,21,22). The van der Waals surface area contributed by atoms with E-state index in [0.29, 0.717) is 16.9 Å². The van der Waals surface area contributed by atoms with Crippen molar-refractivity contribution in [1.82, 2.24) is 0 Å². The minimum atomic E-state index is -4.36. The van der Waals surface area contributed by atoms with Gasteiger partial charge in [0.1, 0.15) is 10.6 Å². The number of rotatable bonds is 4. The third kappa shape index (κ3) is 3.18. The summed E-state index contributed by atoms with van der Waals surface area (Å²) in [5.74, 6) is 0.514. The van der Waals surface area contributed by atoms with Crippen molar-refractivity contribution in [3.63, 3.8) is 0 Å². The van der Waals surface area contributed by atoms with Crippen LogP contribution in [0.15, 0.2) is 77.7 Å². The maximum Gasteiger partial charge on any atom is 0.295 e. The number of methoxy groups -OCH3 is 1. The van der Waals surface area contributed by atoms with E-state index in [1.54, 1.807) is 6.07 Å². The molecule has 0 saturated heterocycles. The zero-order valence-electron chi connectivity index (χ0n) is 13.0. The molecule has 0 bridgehead atoms. The highest BCUT2D eigenvalue weighted by Gasteiger charge is 2.19. The summed E-state index contributed by atoms with van der Waals surface area (Å²) in [7, 11) is -2.85. The van der Waals surface area contributed by atoms with Crippen LogP contribution in [0.4, 0.5) is 0 Å². The van der Waals surface area contributed by atoms with E-state index in [4.69, 9.17) is 4.74 Å². The van der Waals surface area contributed by atoms with E-state index in [2.05, 4.69) is 0 Å². The lowest BCUT2D eigenvalue weighted by molar-refractivity contribution is 0.414. The molecule has 0 aliphatic rings. The van der Waals surface area contributed by atoms with Crippen molar-refractivity contribution in [2.75, 3.05) is 7.11 Å². The Balaban J connectivity index is 2.31. The Morgan fingerprint density at radius 3 is 2.04 bits per heavy atom. The molecule has 0 heterocycles. The lowest BCUT2D eigenvalue weighted by Gasteiger charge is -2.14. The number of ether oxygens (including phenoxy) is 1. The summed E-state index contributed by atoms with van der Waals surface area (Å²) in [5, 5.41) is 0. The van der Waals surface area contributed by atoms with Crippen molar-refractivity contribution < 1.29 is 17.7 Å². The second kappa shape index (κ2) is 6.47. The largest absolute Gasteiger partial charge is 0.497 e. The molecule has 0 aliphatic carbocycles. The van der Waals surface area contributed by atoms with Gasteiger partial charge in [0.2, 0.25) is 0 Å². The molecule has 0 fully saturated rings. The summed E-state index contributed by atoms with van der Waals surface area (Å²) < 4.78 is 38.4.